The molecule has 2 N–H and O–H groups in total. The van der Waals surface area contributed by atoms with E-state index < -0.39 is 0 Å². The van der Waals surface area contributed by atoms with Gasteiger partial charge in [0.1, 0.15) is 5.82 Å². The van der Waals surface area contributed by atoms with Crippen LogP contribution in [0.5, 0.6) is 0 Å². The smallest absolute Gasteiger partial charge is 0.125 e. The summed E-state index contributed by atoms with van der Waals surface area (Å²) in [4.78, 5) is 2.09. The van der Waals surface area contributed by atoms with Crippen molar-refractivity contribution in [3.63, 3.8) is 0 Å². The first-order chi connectivity index (χ1) is 10.0. The molecule has 2 aromatic rings. The van der Waals surface area contributed by atoms with E-state index in [0.29, 0.717) is 18.1 Å². The van der Waals surface area contributed by atoms with Crippen LogP contribution < -0.4 is 5.73 Å². The molecular formula is C16H17BrClFN2. The number of nitrogens with zero attached hydrogens (tertiary/aromatic N) is 1. The van der Waals surface area contributed by atoms with Crippen molar-refractivity contribution < 1.29 is 4.39 Å². The third kappa shape index (κ3) is 4.27. The summed E-state index contributed by atoms with van der Waals surface area (Å²) in [6.45, 7) is 1.10. The van der Waals surface area contributed by atoms with Crippen LogP contribution in [-0.2, 0) is 6.54 Å². The van der Waals surface area contributed by atoms with Crippen molar-refractivity contribution in [3.8, 4) is 0 Å². The van der Waals surface area contributed by atoms with E-state index in [2.05, 4.69) is 20.8 Å². The molecule has 5 heteroatoms. The van der Waals surface area contributed by atoms with Crippen LogP contribution in [0.25, 0.3) is 0 Å². The quantitative estimate of drug-likeness (QED) is 0.845. The minimum Gasteiger partial charge on any atom is -0.329 e. The zero-order valence-electron chi connectivity index (χ0n) is 11.7. The number of nitrogens with two attached hydrogens (primary N) is 1. The highest BCUT2D eigenvalue weighted by molar-refractivity contribution is 9.10. The molecule has 0 saturated heterocycles. The average molecular weight is 372 g/mol. The van der Waals surface area contributed by atoms with E-state index in [4.69, 9.17) is 17.3 Å². The van der Waals surface area contributed by atoms with Gasteiger partial charge in [0.2, 0.25) is 0 Å². The molecule has 0 radical (unpaired) electrons. The maximum Gasteiger partial charge on any atom is 0.125 e. The van der Waals surface area contributed by atoms with Gasteiger partial charge in [0.25, 0.3) is 0 Å². The summed E-state index contributed by atoms with van der Waals surface area (Å²) in [7, 11) is 1.97. The van der Waals surface area contributed by atoms with Gasteiger partial charge < -0.3 is 5.73 Å². The maximum absolute atomic E-state index is 13.5. The Labute approximate surface area is 137 Å². The average Bonchev–Trinajstić information content (AvgIpc) is 2.41. The largest absolute Gasteiger partial charge is 0.329 e. The molecule has 21 heavy (non-hydrogen) atoms. The number of hydrogen-bond acceptors (Lipinski definition) is 2. The molecule has 0 heterocycles. The van der Waals surface area contributed by atoms with Gasteiger partial charge in [0.15, 0.2) is 0 Å². The Balaban J connectivity index is 2.22. The van der Waals surface area contributed by atoms with E-state index in [-0.39, 0.29) is 11.9 Å². The number of halogens is 3. The summed E-state index contributed by atoms with van der Waals surface area (Å²) < 4.78 is 14.6. The highest BCUT2D eigenvalue weighted by Gasteiger charge is 2.17. The number of hydrogen-bond donors (Lipinski definition) is 1. The fourth-order valence-electron chi connectivity index (χ4n) is 2.34. The van der Waals surface area contributed by atoms with Gasteiger partial charge in [-0.15, -0.1) is 0 Å². The Morgan fingerprint density at radius 2 is 2.00 bits per heavy atom. The Morgan fingerprint density at radius 3 is 2.62 bits per heavy atom. The molecule has 0 aliphatic rings. The van der Waals surface area contributed by atoms with Gasteiger partial charge in [-0.05, 0) is 42.4 Å². The minimum absolute atomic E-state index is 0.0923. The van der Waals surface area contributed by atoms with Gasteiger partial charge in [-0.2, -0.15) is 0 Å². The second kappa shape index (κ2) is 7.36. The van der Waals surface area contributed by atoms with E-state index in [1.165, 1.54) is 12.1 Å². The fraction of sp³-hybridized carbons (Fsp3) is 0.250. The van der Waals surface area contributed by atoms with Crippen LogP contribution in [0.15, 0.2) is 46.9 Å². The van der Waals surface area contributed by atoms with Gasteiger partial charge >= 0.3 is 0 Å². The lowest BCUT2D eigenvalue weighted by Gasteiger charge is -2.28. The Kier molecular flexibility index (Phi) is 5.76. The molecule has 0 saturated carbocycles. The second-order valence-corrected chi connectivity index (χ2v) is 6.25. The standard InChI is InChI=1S/C16H17BrClFN2/c1-21(10-11-4-2-3-5-15(11)17)16(9-20)12-6-13(18)8-14(19)7-12/h2-8,16H,9-10,20H2,1H3. The van der Waals surface area contributed by atoms with Crippen molar-refractivity contribution in [1.82, 2.24) is 4.90 Å². The lowest BCUT2D eigenvalue weighted by Crippen LogP contribution is -2.30. The SMILES string of the molecule is CN(Cc1ccccc1Br)C(CN)c1cc(F)cc(Cl)c1. The molecule has 0 aliphatic heterocycles. The zero-order chi connectivity index (χ0) is 15.4. The van der Waals surface area contributed by atoms with E-state index in [0.717, 1.165) is 15.6 Å². The number of likely N-dealkylation sites (N-methyl/N-ethyl adjacent to an activating group) is 1. The van der Waals surface area contributed by atoms with Crippen molar-refractivity contribution in [2.24, 2.45) is 5.73 Å². The first-order valence-corrected chi connectivity index (χ1v) is 7.78. The van der Waals surface area contributed by atoms with Crippen molar-refractivity contribution in [3.05, 3.63) is 68.9 Å². The third-order valence-electron chi connectivity index (χ3n) is 3.40. The van der Waals surface area contributed by atoms with Crippen LogP contribution in [-0.4, -0.2) is 18.5 Å². The molecule has 0 fully saturated rings. The van der Waals surface area contributed by atoms with Gasteiger partial charge in [-0.25, -0.2) is 4.39 Å². The number of benzene rings is 2. The topological polar surface area (TPSA) is 29.3 Å². The van der Waals surface area contributed by atoms with Crippen molar-refractivity contribution in [2.45, 2.75) is 12.6 Å². The fourth-order valence-corrected chi connectivity index (χ4v) is 2.98. The van der Waals surface area contributed by atoms with Gasteiger partial charge in [0, 0.05) is 28.6 Å². The normalized spacial score (nSPS) is 12.7. The lowest BCUT2D eigenvalue weighted by molar-refractivity contribution is 0.241. The maximum atomic E-state index is 13.5. The Bertz CT molecular complexity index is 601. The highest BCUT2D eigenvalue weighted by atomic mass is 79.9. The zero-order valence-corrected chi connectivity index (χ0v) is 14.0. The van der Waals surface area contributed by atoms with Crippen LogP contribution in [0.2, 0.25) is 5.02 Å². The Morgan fingerprint density at radius 1 is 1.29 bits per heavy atom. The van der Waals surface area contributed by atoms with E-state index in [9.17, 15) is 4.39 Å². The van der Waals surface area contributed by atoms with Gasteiger partial charge in [-0.3, -0.25) is 4.90 Å². The first kappa shape index (κ1) is 16.4. The van der Waals surface area contributed by atoms with Crippen LogP contribution in [0.1, 0.15) is 17.2 Å². The second-order valence-electron chi connectivity index (χ2n) is 4.96. The van der Waals surface area contributed by atoms with Gasteiger partial charge in [0.05, 0.1) is 0 Å². The summed E-state index contributed by atoms with van der Waals surface area (Å²) >= 11 is 9.47. The first-order valence-electron chi connectivity index (χ1n) is 6.61. The van der Waals surface area contributed by atoms with E-state index >= 15 is 0 Å². The summed E-state index contributed by atoms with van der Waals surface area (Å²) in [5.74, 6) is -0.342. The Hall–Kier alpha value is -0.940. The van der Waals surface area contributed by atoms with Gasteiger partial charge in [-0.1, -0.05) is 45.7 Å². The molecule has 0 amide bonds. The molecule has 112 valence electrons. The molecule has 1 unspecified atom stereocenters. The summed E-state index contributed by atoms with van der Waals surface area (Å²) in [5.41, 5.74) is 7.82. The molecule has 0 aromatic heterocycles. The van der Waals surface area contributed by atoms with Crippen LogP contribution in [0.4, 0.5) is 4.39 Å². The molecule has 2 aromatic carbocycles. The van der Waals surface area contributed by atoms with Crippen LogP contribution >= 0.6 is 27.5 Å². The molecular weight excluding hydrogens is 355 g/mol. The van der Waals surface area contributed by atoms with Crippen molar-refractivity contribution >= 4 is 27.5 Å². The van der Waals surface area contributed by atoms with E-state index in [1.807, 2.05) is 31.3 Å². The minimum atomic E-state index is -0.342. The van der Waals surface area contributed by atoms with E-state index in [1.54, 1.807) is 6.07 Å². The molecule has 2 rings (SSSR count). The summed E-state index contributed by atoms with van der Waals surface area (Å²) in [6, 6.07) is 12.5. The molecule has 1 atom stereocenters. The highest BCUT2D eigenvalue weighted by Crippen LogP contribution is 2.26. The van der Waals surface area contributed by atoms with Crippen molar-refractivity contribution in [1.29, 1.82) is 0 Å². The summed E-state index contributed by atoms with van der Waals surface area (Å²) in [6.07, 6.45) is 0. The number of rotatable bonds is 5. The predicted molar refractivity (Wildman–Crippen MR) is 88.8 cm³/mol. The third-order valence-corrected chi connectivity index (χ3v) is 4.39. The van der Waals surface area contributed by atoms with Crippen LogP contribution in [0.3, 0.4) is 0 Å². The molecule has 0 aliphatic carbocycles. The molecule has 0 spiro atoms. The molecule has 0 bridgehead atoms. The van der Waals surface area contributed by atoms with Crippen molar-refractivity contribution in [2.75, 3.05) is 13.6 Å². The lowest BCUT2D eigenvalue weighted by atomic mass is 10.0. The van der Waals surface area contributed by atoms with Crippen LogP contribution in [0, 0.1) is 5.82 Å². The molecule has 2 nitrogen and oxygen atoms in total. The predicted octanol–water partition coefficient (Wildman–Crippen LogP) is 4.37. The monoisotopic (exact) mass is 370 g/mol. The summed E-state index contributed by atoms with van der Waals surface area (Å²) in [5, 5.41) is 0.387.